The standard InChI is InChI=1S/C14H19N3O2/c1-16-12(18)10-5-2-3-6-11(10)17-13(19)14(9-15)7-4-8-14/h2-3,5-6H,4,7-9,15H2,1H3,(H,16,18)(H,17,19). The highest BCUT2D eigenvalue weighted by molar-refractivity contribution is 6.05. The summed E-state index contributed by atoms with van der Waals surface area (Å²) >= 11 is 0. The fourth-order valence-corrected chi connectivity index (χ4v) is 2.31. The lowest BCUT2D eigenvalue weighted by atomic mass is 9.68. The van der Waals surface area contributed by atoms with Crippen molar-refractivity contribution in [1.82, 2.24) is 5.32 Å². The average molecular weight is 261 g/mol. The molecule has 1 aliphatic rings. The maximum absolute atomic E-state index is 12.3. The number of amides is 2. The second-order valence-electron chi connectivity index (χ2n) is 4.92. The van der Waals surface area contributed by atoms with Gasteiger partial charge in [-0.2, -0.15) is 0 Å². The van der Waals surface area contributed by atoms with Crippen LogP contribution in [0.1, 0.15) is 29.6 Å². The molecule has 1 saturated carbocycles. The number of benzene rings is 1. The van der Waals surface area contributed by atoms with Crippen molar-refractivity contribution in [1.29, 1.82) is 0 Å². The van der Waals surface area contributed by atoms with E-state index in [2.05, 4.69) is 10.6 Å². The molecule has 1 aliphatic carbocycles. The van der Waals surface area contributed by atoms with Crippen molar-refractivity contribution >= 4 is 17.5 Å². The Hall–Kier alpha value is -1.88. The van der Waals surface area contributed by atoms with Gasteiger partial charge in [0.2, 0.25) is 5.91 Å². The molecule has 2 amide bonds. The lowest BCUT2D eigenvalue weighted by Crippen LogP contribution is -2.47. The minimum Gasteiger partial charge on any atom is -0.355 e. The molecule has 0 heterocycles. The third-order valence-electron chi connectivity index (χ3n) is 3.83. The summed E-state index contributed by atoms with van der Waals surface area (Å²) in [7, 11) is 1.56. The minimum absolute atomic E-state index is 0.0856. The summed E-state index contributed by atoms with van der Waals surface area (Å²) in [6.07, 6.45) is 2.66. The first-order valence-corrected chi connectivity index (χ1v) is 6.45. The molecule has 102 valence electrons. The van der Waals surface area contributed by atoms with Crippen LogP contribution in [0.5, 0.6) is 0 Å². The van der Waals surface area contributed by atoms with E-state index in [4.69, 9.17) is 5.73 Å². The van der Waals surface area contributed by atoms with Crippen molar-refractivity contribution in [2.24, 2.45) is 11.1 Å². The molecule has 1 fully saturated rings. The van der Waals surface area contributed by atoms with Crippen LogP contribution in [0, 0.1) is 5.41 Å². The van der Waals surface area contributed by atoms with Gasteiger partial charge in [0, 0.05) is 13.6 Å². The zero-order valence-electron chi connectivity index (χ0n) is 11.0. The second kappa shape index (κ2) is 5.40. The molecule has 0 aromatic heterocycles. The summed E-state index contributed by atoms with van der Waals surface area (Å²) in [6.45, 7) is 0.348. The van der Waals surface area contributed by atoms with Gasteiger partial charge >= 0.3 is 0 Å². The zero-order chi connectivity index (χ0) is 13.9. The number of hydrogen-bond acceptors (Lipinski definition) is 3. The maximum Gasteiger partial charge on any atom is 0.253 e. The molecule has 4 N–H and O–H groups in total. The summed E-state index contributed by atoms with van der Waals surface area (Å²) in [4.78, 5) is 24.0. The minimum atomic E-state index is -0.449. The third kappa shape index (κ3) is 2.46. The molecule has 0 atom stereocenters. The van der Waals surface area contributed by atoms with Crippen LogP contribution < -0.4 is 16.4 Å². The van der Waals surface area contributed by atoms with Crippen LogP contribution >= 0.6 is 0 Å². The van der Waals surface area contributed by atoms with E-state index in [0.29, 0.717) is 17.8 Å². The quantitative estimate of drug-likeness (QED) is 0.759. The summed E-state index contributed by atoms with van der Waals surface area (Å²) < 4.78 is 0. The fraction of sp³-hybridized carbons (Fsp3) is 0.429. The molecule has 0 aliphatic heterocycles. The number of rotatable bonds is 4. The Morgan fingerprint density at radius 2 is 2.00 bits per heavy atom. The van der Waals surface area contributed by atoms with Crippen molar-refractivity contribution in [3.8, 4) is 0 Å². The van der Waals surface area contributed by atoms with E-state index in [1.807, 2.05) is 0 Å². The van der Waals surface area contributed by atoms with E-state index in [-0.39, 0.29) is 11.8 Å². The number of carbonyl (C=O) groups is 2. The first-order chi connectivity index (χ1) is 9.13. The Morgan fingerprint density at radius 1 is 1.32 bits per heavy atom. The average Bonchev–Trinajstić information content (AvgIpc) is 2.38. The third-order valence-corrected chi connectivity index (χ3v) is 3.83. The van der Waals surface area contributed by atoms with Gasteiger partial charge in [-0.25, -0.2) is 0 Å². The Bertz CT molecular complexity index is 490. The molecule has 0 radical (unpaired) electrons. The topological polar surface area (TPSA) is 84.2 Å². The van der Waals surface area contributed by atoms with Crippen LogP contribution in [-0.4, -0.2) is 25.4 Å². The lowest BCUT2D eigenvalue weighted by Gasteiger charge is -2.39. The molecule has 5 nitrogen and oxygen atoms in total. The predicted octanol–water partition coefficient (Wildman–Crippen LogP) is 1.11. The highest BCUT2D eigenvalue weighted by Crippen LogP contribution is 2.41. The van der Waals surface area contributed by atoms with Gasteiger partial charge in [-0.15, -0.1) is 0 Å². The second-order valence-corrected chi connectivity index (χ2v) is 4.92. The normalized spacial score (nSPS) is 16.3. The first-order valence-electron chi connectivity index (χ1n) is 6.45. The SMILES string of the molecule is CNC(=O)c1ccccc1NC(=O)C1(CN)CCC1. The van der Waals surface area contributed by atoms with Crippen LogP contribution in [0.3, 0.4) is 0 Å². The number of hydrogen-bond donors (Lipinski definition) is 3. The molecule has 5 heteroatoms. The summed E-state index contributed by atoms with van der Waals surface area (Å²) in [5.74, 6) is -0.302. The van der Waals surface area contributed by atoms with Crippen molar-refractivity contribution in [2.45, 2.75) is 19.3 Å². The molecule has 0 spiro atoms. The number of anilines is 1. The van der Waals surface area contributed by atoms with Crippen molar-refractivity contribution < 1.29 is 9.59 Å². The molecular formula is C14H19N3O2. The van der Waals surface area contributed by atoms with Crippen LogP contribution in [0.4, 0.5) is 5.69 Å². The molecule has 19 heavy (non-hydrogen) atoms. The highest BCUT2D eigenvalue weighted by Gasteiger charge is 2.43. The van der Waals surface area contributed by atoms with Crippen molar-refractivity contribution in [3.63, 3.8) is 0 Å². The largest absolute Gasteiger partial charge is 0.355 e. The van der Waals surface area contributed by atoms with Crippen molar-refractivity contribution in [3.05, 3.63) is 29.8 Å². The van der Waals surface area contributed by atoms with Gasteiger partial charge in [-0.1, -0.05) is 18.6 Å². The van der Waals surface area contributed by atoms with Crippen LogP contribution in [0.2, 0.25) is 0 Å². The Balaban J connectivity index is 2.19. The number of carbonyl (C=O) groups excluding carboxylic acids is 2. The number of para-hydroxylation sites is 1. The lowest BCUT2D eigenvalue weighted by molar-refractivity contribution is -0.129. The molecule has 0 unspecified atom stereocenters. The fourth-order valence-electron chi connectivity index (χ4n) is 2.31. The van der Waals surface area contributed by atoms with Crippen LogP contribution in [0.15, 0.2) is 24.3 Å². The Morgan fingerprint density at radius 3 is 2.53 bits per heavy atom. The molecule has 0 saturated heterocycles. The highest BCUT2D eigenvalue weighted by atomic mass is 16.2. The van der Waals surface area contributed by atoms with E-state index in [1.165, 1.54) is 0 Å². The van der Waals surface area contributed by atoms with Gasteiger partial charge in [0.1, 0.15) is 0 Å². The maximum atomic E-state index is 12.3. The van der Waals surface area contributed by atoms with Gasteiger partial charge in [0.05, 0.1) is 16.7 Å². The van der Waals surface area contributed by atoms with E-state index >= 15 is 0 Å². The van der Waals surface area contributed by atoms with Gasteiger partial charge in [0.25, 0.3) is 5.91 Å². The predicted molar refractivity (Wildman–Crippen MR) is 73.8 cm³/mol. The monoisotopic (exact) mass is 261 g/mol. The van der Waals surface area contributed by atoms with E-state index in [9.17, 15) is 9.59 Å². The van der Waals surface area contributed by atoms with Gasteiger partial charge in [0.15, 0.2) is 0 Å². The molecule has 2 rings (SSSR count). The zero-order valence-corrected chi connectivity index (χ0v) is 11.0. The summed E-state index contributed by atoms with van der Waals surface area (Å²) in [6, 6.07) is 6.97. The summed E-state index contributed by atoms with van der Waals surface area (Å²) in [5.41, 5.74) is 6.26. The molecular weight excluding hydrogens is 242 g/mol. The Labute approximate surface area is 112 Å². The number of nitrogens with one attached hydrogen (secondary N) is 2. The van der Waals surface area contributed by atoms with E-state index in [0.717, 1.165) is 19.3 Å². The van der Waals surface area contributed by atoms with Gasteiger partial charge in [-0.3, -0.25) is 9.59 Å². The van der Waals surface area contributed by atoms with Gasteiger partial charge < -0.3 is 16.4 Å². The molecule has 0 bridgehead atoms. The van der Waals surface area contributed by atoms with Crippen LogP contribution in [-0.2, 0) is 4.79 Å². The van der Waals surface area contributed by atoms with Gasteiger partial charge in [-0.05, 0) is 25.0 Å². The molecule has 1 aromatic carbocycles. The smallest absolute Gasteiger partial charge is 0.253 e. The first kappa shape index (κ1) is 13.5. The van der Waals surface area contributed by atoms with E-state index < -0.39 is 5.41 Å². The van der Waals surface area contributed by atoms with E-state index in [1.54, 1.807) is 31.3 Å². The van der Waals surface area contributed by atoms with Crippen LogP contribution in [0.25, 0.3) is 0 Å². The summed E-state index contributed by atoms with van der Waals surface area (Å²) in [5, 5.41) is 5.40. The Kier molecular flexibility index (Phi) is 3.85. The molecule has 1 aromatic rings. The number of nitrogens with two attached hydrogens (primary N) is 1. The van der Waals surface area contributed by atoms with Crippen molar-refractivity contribution in [2.75, 3.05) is 18.9 Å².